The number of H-pyrrole nitrogens is 1. The molecule has 0 fully saturated rings. The molecule has 2 aromatic rings. The van der Waals surface area contributed by atoms with Crippen LogP contribution in [0.1, 0.15) is 32.9 Å². The first-order valence-corrected chi connectivity index (χ1v) is 6.36. The summed E-state index contributed by atoms with van der Waals surface area (Å²) in [6, 6.07) is 4.36. The molecule has 0 bridgehead atoms. The summed E-state index contributed by atoms with van der Waals surface area (Å²) in [6.07, 6.45) is 0. The summed E-state index contributed by atoms with van der Waals surface area (Å²) in [5, 5.41) is 0. The van der Waals surface area contributed by atoms with Gasteiger partial charge in [0.15, 0.2) is 0 Å². The zero-order valence-corrected chi connectivity index (χ0v) is 12.0. The fraction of sp³-hybridized carbons (Fsp3) is 0.214. The summed E-state index contributed by atoms with van der Waals surface area (Å²) in [5.41, 5.74) is 3.38. The molecule has 1 aromatic carbocycles. The van der Waals surface area contributed by atoms with Crippen LogP contribution in [0.15, 0.2) is 22.7 Å². The van der Waals surface area contributed by atoms with Gasteiger partial charge in [0.25, 0.3) is 0 Å². The molecule has 0 aliphatic rings. The molecule has 4 heteroatoms. The molecule has 1 N–H and O–H groups in total. The van der Waals surface area contributed by atoms with Gasteiger partial charge in [-0.15, -0.1) is 0 Å². The number of aromatic amines is 1. The van der Waals surface area contributed by atoms with Crippen LogP contribution in [0.3, 0.4) is 0 Å². The molecule has 0 atom stereocenters. The monoisotopic (exact) mass is 309 g/mol. The summed E-state index contributed by atoms with van der Waals surface area (Å²) in [5.74, 6) is -0.824. The van der Waals surface area contributed by atoms with Gasteiger partial charge in [0, 0.05) is 10.2 Å². The molecular weight excluding hydrogens is 297 g/mol. The van der Waals surface area contributed by atoms with Gasteiger partial charge in [0.05, 0.1) is 11.3 Å². The second-order valence-corrected chi connectivity index (χ2v) is 5.24. The lowest BCUT2D eigenvalue weighted by Gasteiger charge is -2.03. The van der Waals surface area contributed by atoms with E-state index in [1.165, 1.54) is 12.1 Å². The van der Waals surface area contributed by atoms with Crippen molar-refractivity contribution in [2.24, 2.45) is 0 Å². The lowest BCUT2D eigenvalue weighted by molar-refractivity contribution is 0.103. The Labute approximate surface area is 113 Å². The molecule has 2 rings (SSSR count). The van der Waals surface area contributed by atoms with Crippen LogP contribution >= 0.6 is 15.9 Å². The van der Waals surface area contributed by atoms with Crippen molar-refractivity contribution in [1.82, 2.24) is 4.98 Å². The minimum Gasteiger partial charge on any atom is -0.356 e. The maximum Gasteiger partial charge on any atom is 0.212 e. The number of benzene rings is 1. The van der Waals surface area contributed by atoms with Gasteiger partial charge >= 0.3 is 0 Å². The van der Waals surface area contributed by atoms with E-state index in [0.29, 0.717) is 10.2 Å². The molecule has 18 heavy (non-hydrogen) atoms. The van der Waals surface area contributed by atoms with E-state index in [9.17, 15) is 9.18 Å². The van der Waals surface area contributed by atoms with Crippen LogP contribution < -0.4 is 0 Å². The maximum absolute atomic E-state index is 13.7. The predicted molar refractivity (Wildman–Crippen MR) is 72.5 cm³/mol. The molecule has 0 aliphatic carbocycles. The van der Waals surface area contributed by atoms with Crippen molar-refractivity contribution >= 4 is 21.7 Å². The Morgan fingerprint density at radius 3 is 2.44 bits per heavy atom. The topological polar surface area (TPSA) is 32.9 Å². The molecule has 0 amide bonds. The zero-order chi connectivity index (χ0) is 13.4. The normalized spacial score (nSPS) is 10.7. The van der Waals surface area contributed by atoms with Crippen molar-refractivity contribution in [3.63, 3.8) is 0 Å². The van der Waals surface area contributed by atoms with Crippen molar-refractivity contribution in [2.45, 2.75) is 20.8 Å². The van der Waals surface area contributed by atoms with Crippen LogP contribution in [-0.2, 0) is 0 Å². The summed E-state index contributed by atoms with van der Waals surface area (Å²) in [6.45, 7) is 5.70. The van der Waals surface area contributed by atoms with E-state index in [1.807, 2.05) is 20.8 Å². The molecule has 0 aliphatic heterocycles. The Morgan fingerprint density at radius 1 is 1.22 bits per heavy atom. The van der Waals surface area contributed by atoms with E-state index in [-0.39, 0.29) is 11.3 Å². The lowest BCUT2D eigenvalue weighted by atomic mass is 10.0. The van der Waals surface area contributed by atoms with Crippen LogP contribution in [0.5, 0.6) is 0 Å². The van der Waals surface area contributed by atoms with E-state index in [0.717, 1.165) is 16.8 Å². The van der Waals surface area contributed by atoms with E-state index in [1.54, 1.807) is 6.07 Å². The highest BCUT2D eigenvalue weighted by Crippen LogP contribution is 2.23. The third-order valence-electron chi connectivity index (χ3n) is 3.21. The number of hydrogen-bond acceptors (Lipinski definition) is 1. The second-order valence-electron chi connectivity index (χ2n) is 4.33. The quantitative estimate of drug-likeness (QED) is 0.833. The molecule has 0 saturated heterocycles. The first kappa shape index (κ1) is 13.0. The highest BCUT2D eigenvalue weighted by Gasteiger charge is 2.19. The van der Waals surface area contributed by atoms with E-state index < -0.39 is 5.82 Å². The molecule has 1 aromatic heterocycles. The number of aryl methyl sites for hydroxylation is 1. The Morgan fingerprint density at radius 2 is 1.89 bits per heavy atom. The van der Waals surface area contributed by atoms with Gasteiger partial charge in [0.2, 0.25) is 5.78 Å². The van der Waals surface area contributed by atoms with E-state index in [2.05, 4.69) is 20.9 Å². The standard InChI is InChI=1S/C14H13BrFNO/c1-7-8(2)13(17-9(7)3)14(18)11-6-10(15)4-5-12(11)16/h4-6,17H,1-3H3. The minimum absolute atomic E-state index is 0.0775. The first-order valence-electron chi connectivity index (χ1n) is 5.57. The third-order valence-corrected chi connectivity index (χ3v) is 3.71. The fourth-order valence-corrected chi connectivity index (χ4v) is 2.24. The SMILES string of the molecule is Cc1[nH]c(C(=O)c2cc(Br)ccc2F)c(C)c1C. The molecule has 0 unspecified atom stereocenters. The number of hydrogen-bond donors (Lipinski definition) is 1. The maximum atomic E-state index is 13.7. The first-order chi connectivity index (χ1) is 8.41. The van der Waals surface area contributed by atoms with Crippen LogP contribution in [0.2, 0.25) is 0 Å². The average Bonchev–Trinajstić information content (AvgIpc) is 2.59. The minimum atomic E-state index is -0.507. The molecule has 0 spiro atoms. The smallest absolute Gasteiger partial charge is 0.212 e. The van der Waals surface area contributed by atoms with E-state index >= 15 is 0 Å². The van der Waals surface area contributed by atoms with Gasteiger partial charge in [-0.05, 0) is 50.1 Å². The predicted octanol–water partition coefficient (Wildman–Crippen LogP) is 4.07. The van der Waals surface area contributed by atoms with Crippen molar-refractivity contribution in [3.05, 3.63) is 56.6 Å². The average molecular weight is 310 g/mol. The molecule has 0 radical (unpaired) electrons. The van der Waals surface area contributed by atoms with Gasteiger partial charge in [-0.1, -0.05) is 15.9 Å². The number of halogens is 2. The van der Waals surface area contributed by atoms with Gasteiger partial charge in [-0.25, -0.2) is 4.39 Å². The largest absolute Gasteiger partial charge is 0.356 e. The number of rotatable bonds is 2. The Balaban J connectivity index is 2.54. The van der Waals surface area contributed by atoms with Gasteiger partial charge < -0.3 is 4.98 Å². The van der Waals surface area contributed by atoms with E-state index in [4.69, 9.17) is 0 Å². The van der Waals surface area contributed by atoms with Crippen molar-refractivity contribution < 1.29 is 9.18 Å². The molecule has 2 nitrogen and oxygen atoms in total. The molecule has 94 valence electrons. The number of aromatic nitrogens is 1. The molecular formula is C14H13BrFNO. The Hall–Kier alpha value is -1.42. The Bertz CT molecular complexity index is 631. The van der Waals surface area contributed by atoms with Gasteiger partial charge in [-0.2, -0.15) is 0 Å². The van der Waals surface area contributed by atoms with Gasteiger partial charge in [0.1, 0.15) is 5.82 Å². The van der Waals surface area contributed by atoms with Crippen molar-refractivity contribution in [1.29, 1.82) is 0 Å². The molecule has 1 heterocycles. The summed E-state index contributed by atoms with van der Waals surface area (Å²) >= 11 is 3.25. The second kappa shape index (κ2) is 4.69. The lowest BCUT2D eigenvalue weighted by Crippen LogP contribution is -2.06. The van der Waals surface area contributed by atoms with Crippen LogP contribution in [0.4, 0.5) is 4.39 Å². The highest BCUT2D eigenvalue weighted by molar-refractivity contribution is 9.10. The number of carbonyl (C=O) groups excluding carboxylic acids is 1. The van der Waals surface area contributed by atoms with Crippen molar-refractivity contribution in [3.8, 4) is 0 Å². The number of carbonyl (C=O) groups is 1. The summed E-state index contributed by atoms with van der Waals surface area (Å²) in [4.78, 5) is 15.3. The number of ketones is 1. The van der Waals surface area contributed by atoms with Crippen molar-refractivity contribution in [2.75, 3.05) is 0 Å². The summed E-state index contributed by atoms with van der Waals surface area (Å²) in [7, 11) is 0. The van der Waals surface area contributed by atoms with Crippen LogP contribution in [-0.4, -0.2) is 10.8 Å². The number of nitrogens with one attached hydrogen (secondary N) is 1. The summed E-state index contributed by atoms with van der Waals surface area (Å²) < 4.78 is 14.4. The third kappa shape index (κ3) is 2.12. The Kier molecular flexibility index (Phi) is 3.39. The van der Waals surface area contributed by atoms with Crippen LogP contribution in [0.25, 0.3) is 0 Å². The highest BCUT2D eigenvalue weighted by atomic mass is 79.9. The van der Waals surface area contributed by atoms with Gasteiger partial charge in [-0.3, -0.25) is 4.79 Å². The fourth-order valence-electron chi connectivity index (χ4n) is 1.88. The van der Waals surface area contributed by atoms with Crippen LogP contribution in [0, 0.1) is 26.6 Å². The molecule has 0 saturated carbocycles. The zero-order valence-electron chi connectivity index (χ0n) is 10.4.